The Morgan fingerprint density at radius 2 is 1.42 bits per heavy atom. The Hall–Kier alpha value is -3.14. The van der Waals surface area contributed by atoms with Crippen LogP contribution in [0.3, 0.4) is 0 Å². The molecule has 0 bridgehead atoms. The Bertz CT molecular complexity index is 1380. The highest BCUT2D eigenvalue weighted by Crippen LogP contribution is 2.33. The summed E-state index contributed by atoms with van der Waals surface area (Å²) in [7, 11) is -3.70. The maximum atomic E-state index is 13.5. The molecule has 0 aliphatic carbocycles. The first-order valence-corrected chi connectivity index (χ1v) is 16.9. The molecule has 0 fully saturated rings. The number of aryl methyl sites for hydroxylation is 1. The van der Waals surface area contributed by atoms with E-state index >= 15 is 0 Å². The summed E-state index contributed by atoms with van der Waals surface area (Å²) in [6.07, 6.45) is 7.34. The van der Waals surface area contributed by atoms with Gasteiger partial charge in [-0.2, -0.15) is 18.3 Å². The molecule has 3 aromatic rings. The van der Waals surface area contributed by atoms with E-state index in [1.807, 2.05) is 6.92 Å². The fourth-order valence-corrected chi connectivity index (χ4v) is 6.12. The van der Waals surface area contributed by atoms with Gasteiger partial charge in [-0.05, 0) is 50.1 Å². The Morgan fingerprint density at radius 1 is 0.837 bits per heavy atom. The molecule has 0 atom stereocenters. The summed E-state index contributed by atoms with van der Waals surface area (Å²) in [4.78, 5) is 12.1. The van der Waals surface area contributed by atoms with Crippen molar-refractivity contribution >= 4 is 15.8 Å². The SMILES string of the molecule is CCCCCCCCCCCCOC(=O)CCCS(=O)(=O)c1ccc(-n2nc(C(F)(F)F)cc2-c2ccc(C)cc2)cc1. The summed E-state index contributed by atoms with van der Waals surface area (Å²) in [6.45, 7) is 4.44. The molecule has 0 unspecified atom stereocenters. The monoisotopic (exact) mass is 620 g/mol. The minimum atomic E-state index is -4.64. The van der Waals surface area contributed by atoms with Crippen molar-refractivity contribution in [2.24, 2.45) is 0 Å². The molecule has 1 heterocycles. The number of hydrogen-bond acceptors (Lipinski definition) is 5. The molecule has 0 saturated carbocycles. The Labute approximate surface area is 253 Å². The van der Waals surface area contributed by atoms with Gasteiger partial charge in [-0.15, -0.1) is 0 Å². The number of sulfone groups is 1. The number of carbonyl (C=O) groups is 1. The zero-order valence-corrected chi connectivity index (χ0v) is 26.0. The highest BCUT2D eigenvalue weighted by atomic mass is 32.2. The minimum absolute atomic E-state index is 0.00247. The third-order valence-electron chi connectivity index (χ3n) is 7.34. The van der Waals surface area contributed by atoms with Crippen molar-refractivity contribution < 1.29 is 31.1 Å². The lowest BCUT2D eigenvalue weighted by atomic mass is 10.1. The van der Waals surface area contributed by atoms with Crippen LogP contribution in [-0.2, 0) is 25.5 Å². The van der Waals surface area contributed by atoms with Crippen LogP contribution >= 0.6 is 0 Å². The Kier molecular flexibility index (Phi) is 13.3. The van der Waals surface area contributed by atoms with Crippen molar-refractivity contribution in [2.75, 3.05) is 12.4 Å². The molecule has 2 aromatic carbocycles. The second-order valence-corrected chi connectivity index (χ2v) is 13.1. The Morgan fingerprint density at radius 3 is 2.00 bits per heavy atom. The van der Waals surface area contributed by atoms with Gasteiger partial charge >= 0.3 is 12.1 Å². The van der Waals surface area contributed by atoms with Gasteiger partial charge in [0.25, 0.3) is 0 Å². The first-order valence-electron chi connectivity index (χ1n) is 15.2. The molecule has 0 aliphatic heterocycles. The highest BCUT2D eigenvalue weighted by Gasteiger charge is 2.35. The summed E-state index contributed by atoms with van der Waals surface area (Å²) < 4.78 is 72.5. The number of benzene rings is 2. The third-order valence-corrected chi connectivity index (χ3v) is 9.16. The number of alkyl halides is 3. The van der Waals surface area contributed by atoms with Gasteiger partial charge in [-0.25, -0.2) is 13.1 Å². The molecule has 0 amide bonds. The number of ether oxygens (including phenoxy) is 1. The number of aromatic nitrogens is 2. The Balaban J connectivity index is 1.47. The minimum Gasteiger partial charge on any atom is -0.466 e. The van der Waals surface area contributed by atoms with Crippen LogP contribution in [0.15, 0.2) is 59.5 Å². The van der Waals surface area contributed by atoms with Gasteiger partial charge < -0.3 is 4.74 Å². The average Bonchev–Trinajstić information content (AvgIpc) is 3.43. The molecule has 0 spiro atoms. The molecule has 0 radical (unpaired) electrons. The van der Waals surface area contributed by atoms with Gasteiger partial charge in [0.2, 0.25) is 0 Å². The number of carbonyl (C=O) groups excluding carboxylic acids is 1. The van der Waals surface area contributed by atoms with E-state index in [1.165, 1.54) is 69.2 Å². The number of esters is 1. The van der Waals surface area contributed by atoms with Crippen LogP contribution in [-0.4, -0.2) is 36.5 Å². The van der Waals surface area contributed by atoms with Crippen LogP contribution in [0, 0.1) is 6.92 Å². The van der Waals surface area contributed by atoms with Crippen LogP contribution in [0.5, 0.6) is 0 Å². The van der Waals surface area contributed by atoms with Gasteiger partial charge in [0.05, 0.1) is 28.6 Å². The smallest absolute Gasteiger partial charge is 0.435 e. The zero-order valence-electron chi connectivity index (χ0n) is 25.2. The van der Waals surface area contributed by atoms with Crippen molar-refractivity contribution in [3.63, 3.8) is 0 Å². The number of rotatable bonds is 18. The van der Waals surface area contributed by atoms with E-state index in [0.717, 1.165) is 35.6 Å². The third kappa shape index (κ3) is 11.1. The van der Waals surface area contributed by atoms with Crippen LogP contribution in [0.25, 0.3) is 16.9 Å². The summed E-state index contributed by atoms with van der Waals surface area (Å²) in [5.74, 6) is -0.654. The molecular weight excluding hydrogens is 577 g/mol. The van der Waals surface area contributed by atoms with E-state index in [-0.39, 0.29) is 29.2 Å². The maximum absolute atomic E-state index is 13.5. The molecule has 0 saturated heterocycles. The molecule has 1 aromatic heterocycles. The molecule has 6 nitrogen and oxygen atoms in total. The number of unbranched alkanes of at least 4 members (excludes halogenated alkanes) is 9. The van der Waals surface area contributed by atoms with E-state index in [1.54, 1.807) is 24.3 Å². The van der Waals surface area contributed by atoms with Crippen molar-refractivity contribution in [3.05, 3.63) is 65.9 Å². The normalized spacial score (nSPS) is 12.0. The summed E-state index contributed by atoms with van der Waals surface area (Å²) >= 11 is 0. The summed E-state index contributed by atoms with van der Waals surface area (Å²) in [6, 6.07) is 13.5. The quantitative estimate of drug-likeness (QED) is 0.105. The average molecular weight is 621 g/mol. The number of hydrogen-bond donors (Lipinski definition) is 0. The van der Waals surface area contributed by atoms with Gasteiger partial charge in [0.15, 0.2) is 15.5 Å². The van der Waals surface area contributed by atoms with Crippen molar-refractivity contribution in [2.45, 2.75) is 102 Å². The standard InChI is InChI=1S/C33H43F3N2O4S/c1-3-4-5-6-7-8-9-10-11-12-23-42-32(39)14-13-24-43(40,41)29-21-19-28(20-22-29)38-30(25-31(37-38)33(34,35)36)27-17-15-26(2)16-18-27/h15-22,25H,3-14,23-24H2,1-2H3. The van der Waals surface area contributed by atoms with Crippen molar-refractivity contribution in [1.29, 1.82) is 0 Å². The molecule has 236 valence electrons. The van der Waals surface area contributed by atoms with E-state index in [4.69, 9.17) is 4.74 Å². The van der Waals surface area contributed by atoms with Crippen LogP contribution in [0.2, 0.25) is 0 Å². The van der Waals surface area contributed by atoms with Gasteiger partial charge in [-0.1, -0.05) is 94.5 Å². The topological polar surface area (TPSA) is 78.3 Å². The largest absolute Gasteiger partial charge is 0.466 e. The van der Waals surface area contributed by atoms with E-state index in [9.17, 15) is 26.4 Å². The van der Waals surface area contributed by atoms with Crippen molar-refractivity contribution in [1.82, 2.24) is 9.78 Å². The van der Waals surface area contributed by atoms with Crippen LogP contribution in [0.1, 0.15) is 95.2 Å². The number of nitrogens with zero attached hydrogens (tertiary/aromatic N) is 2. The van der Waals surface area contributed by atoms with Gasteiger partial charge in [0, 0.05) is 12.0 Å². The van der Waals surface area contributed by atoms with Crippen LogP contribution < -0.4 is 0 Å². The second-order valence-electron chi connectivity index (χ2n) is 11.0. The highest BCUT2D eigenvalue weighted by molar-refractivity contribution is 7.91. The fourth-order valence-electron chi connectivity index (χ4n) is 4.81. The molecule has 0 aliphatic rings. The zero-order chi connectivity index (χ0) is 31.3. The van der Waals surface area contributed by atoms with Crippen molar-refractivity contribution in [3.8, 4) is 16.9 Å². The molecular formula is C33H43F3N2O4S. The lowest BCUT2D eigenvalue weighted by molar-refractivity contribution is -0.144. The summed E-state index contributed by atoms with van der Waals surface area (Å²) in [5, 5.41) is 3.76. The first kappa shape index (κ1) is 34.4. The van der Waals surface area contributed by atoms with Gasteiger partial charge in [0.1, 0.15) is 0 Å². The lowest BCUT2D eigenvalue weighted by Crippen LogP contribution is -2.11. The van der Waals surface area contributed by atoms with E-state index in [2.05, 4.69) is 12.0 Å². The molecule has 3 rings (SSSR count). The molecule has 0 N–H and O–H groups in total. The van der Waals surface area contributed by atoms with E-state index < -0.39 is 27.7 Å². The van der Waals surface area contributed by atoms with Crippen LogP contribution in [0.4, 0.5) is 13.2 Å². The first-order chi connectivity index (χ1) is 20.5. The second kappa shape index (κ2) is 16.6. The predicted octanol–water partition coefficient (Wildman–Crippen LogP) is 8.88. The maximum Gasteiger partial charge on any atom is 0.435 e. The lowest BCUT2D eigenvalue weighted by Gasteiger charge is -2.10. The number of halogens is 3. The molecule has 10 heteroatoms. The summed E-state index contributed by atoms with van der Waals surface area (Å²) in [5.41, 5.74) is 0.993. The molecule has 43 heavy (non-hydrogen) atoms. The fraction of sp³-hybridized carbons (Fsp3) is 0.515. The van der Waals surface area contributed by atoms with E-state index in [0.29, 0.717) is 17.9 Å². The van der Waals surface area contributed by atoms with Gasteiger partial charge in [-0.3, -0.25) is 4.79 Å². The predicted molar refractivity (Wildman–Crippen MR) is 163 cm³/mol.